The van der Waals surface area contributed by atoms with Gasteiger partial charge in [0.2, 0.25) is 5.91 Å². The van der Waals surface area contributed by atoms with Gasteiger partial charge in [-0.3, -0.25) is 4.79 Å². The molecule has 12 atom stereocenters. The summed E-state index contributed by atoms with van der Waals surface area (Å²) in [6.45, 7) is 2.83. The quantitative estimate of drug-likeness (QED) is 0.0204. The summed E-state index contributed by atoms with van der Waals surface area (Å²) in [6, 6.07) is -0.937. The molecule has 2 saturated heterocycles. The highest BCUT2D eigenvalue weighted by Crippen LogP contribution is 2.30. The first-order valence-corrected chi connectivity index (χ1v) is 35.2. The van der Waals surface area contributed by atoms with Crippen molar-refractivity contribution in [1.82, 2.24) is 5.32 Å². The van der Waals surface area contributed by atoms with E-state index in [9.17, 15) is 45.6 Å². The van der Waals surface area contributed by atoms with E-state index >= 15 is 0 Å². The SMILES string of the molecule is CCCCCCCCCCCCCCCCC/C=C/CC/C=C/CC/C=C/C(O)C(COC1OC(CO)C(OC2OC(CO)C(O)C(O)C2O)C(O)C1O)NC(=O)CCCCCCCCCCCCCCCCCCCCCCCCCCC. The summed E-state index contributed by atoms with van der Waals surface area (Å²) in [5, 5.41) is 87.4. The van der Waals surface area contributed by atoms with E-state index in [1.807, 2.05) is 6.08 Å². The van der Waals surface area contributed by atoms with E-state index in [4.69, 9.17) is 18.9 Å². The van der Waals surface area contributed by atoms with Gasteiger partial charge in [-0.05, 0) is 44.9 Å². The van der Waals surface area contributed by atoms with Gasteiger partial charge in [0.25, 0.3) is 0 Å². The molecule has 84 heavy (non-hydrogen) atoms. The van der Waals surface area contributed by atoms with Crippen LogP contribution in [0.4, 0.5) is 0 Å². The summed E-state index contributed by atoms with van der Waals surface area (Å²) < 4.78 is 22.8. The first-order valence-electron chi connectivity index (χ1n) is 35.2. The summed E-state index contributed by atoms with van der Waals surface area (Å²) in [5.74, 6) is -0.247. The van der Waals surface area contributed by atoms with Gasteiger partial charge in [-0.1, -0.05) is 294 Å². The van der Waals surface area contributed by atoms with E-state index < -0.39 is 86.8 Å². The minimum Gasteiger partial charge on any atom is -0.394 e. The first kappa shape index (κ1) is 78.3. The van der Waals surface area contributed by atoms with Crippen LogP contribution in [0.5, 0.6) is 0 Å². The molecule has 0 aromatic rings. The lowest BCUT2D eigenvalue weighted by Crippen LogP contribution is -2.65. The number of amides is 1. The third kappa shape index (κ3) is 39.3. The fraction of sp³-hybridized carbons (Fsp3) is 0.900. The van der Waals surface area contributed by atoms with E-state index in [-0.39, 0.29) is 18.9 Å². The van der Waals surface area contributed by atoms with Gasteiger partial charge in [0, 0.05) is 6.42 Å². The van der Waals surface area contributed by atoms with Crippen molar-refractivity contribution in [3.8, 4) is 0 Å². The lowest BCUT2D eigenvalue weighted by atomic mass is 9.97. The summed E-state index contributed by atoms with van der Waals surface area (Å²) in [6.07, 6.45) is 53.5. The Labute approximate surface area is 512 Å². The zero-order valence-corrected chi connectivity index (χ0v) is 53.7. The number of carbonyl (C=O) groups is 1. The van der Waals surface area contributed by atoms with Crippen molar-refractivity contribution in [3.63, 3.8) is 0 Å². The molecule has 2 aliphatic heterocycles. The lowest BCUT2D eigenvalue weighted by molar-refractivity contribution is -0.359. The smallest absolute Gasteiger partial charge is 0.220 e. The summed E-state index contributed by atoms with van der Waals surface area (Å²) >= 11 is 0. The standard InChI is InChI=1S/C70H131NO13/c1-3-5-7-9-11-13-15-17-19-21-23-25-27-29-31-33-35-37-39-41-43-45-47-49-51-53-59(74)58(57-81-69-67(80)65(78)68(61(56-73)83-69)84-70-66(79)64(77)63(76)60(55-72)82-70)71-62(75)54-52-50-48-46-44-42-40-38-36-34-32-30-28-26-24-22-20-18-16-14-12-10-8-6-4-2/h35,37,43,45,51,53,58-61,63-70,72-74,76-80H,3-34,36,38-42,44,46-50,52,54-57H2,1-2H3,(H,71,75)/b37-35+,45-43+,53-51+. The summed E-state index contributed by atoms with van der Waals surface area (Å²) in [5.41, 5.74) is 0. The zero-order chi connectivity index (χ0) is 60.9. The Morgan fingerprint density at radius 1 is 0.417 bits per heavy atom. The van der Waals surface area contributed by atoms with Crippen LogP contribution in [0.2, 0.25) is 0 Å². The van der Waals surface area contributed by atoms with Crippen LogP contribution in [0.1, 0.15) is 309 Å². The predicted molar refractivity (Wildman–Crippen MR) is 341 cm³/mol. The molecule has 14 nitrogen and oxygen atoms in total. The number of carbonyl (C=O) groups excluding carboxylic acids is 1. The molecule has 9 N–H and O–H groups in total. The van der Waals surface area contributed by atoms with E-state index in [1.54, 1.807) is 6.08 Å². The Morgan fingerprint density at radius 3 is 1.17 bits per heavy atom. The van der Waals surface area contributed by atoms with Crippen molar-refractivity contribution < 1.29 is 64.6 Å². The number of aliphatic hydroxyl groups is 8. The highest BCUT2D eigenvalue weighted by atomic mass is 16.7. The maximum absolute atomic E-state index is 13.3. The van der Waals surface area contributed by atoms with Crippen LogP contribution < -0.4 is 5.32 Å². The van der Waals surface area contributed by atoms with Gasteiger partial charge in [0.1, 0.15) is 48.8 Å². The molecule has 2 aliphatic rings. The highest BCUT2D eigenvalue weighted by molar-refractivity contribution is 5.76. The lowest BCUT2D eigenvalue weighted by Gasteiger charge is -2.46. The Hall–Kier alpha value is -1.79. The average molecular weight is 1190 g/mol. The van der Waals surface area contributed by atoms with Crippen molar-refractivity contribution in [3.05, 3.63) is 36.5 Å². The van der Waals surface area contributed by atoms with E-state index in [0.29, 0.717) is 12.8 Å². The van der Waals surface area contributed by atoms with Crippen molar-refractivity contribution in [2.75, 3.05) is 19.8 Å². The number of nitrogens with one attached hydrogen (secondary N) is 1. The Kier molecular flexibility index (Phi) is 51.5. The summed E-state index contributed by atoms with van der Waals surface area (Å²) in [4.78, 5) is 13.3. The third-order valence-corrected chi connectivity index (χ3v) is 17.3. The largest absolute Gasteiger partial charge is 0.394 e. The van der Waals surface area contributed by atoms with Crippen LogP contribution in [0.3, 0.4) is 0 Å². The number of allylic oxidation sites excluding steroid dienone is 5. The zero-order valence-electron chi connectivity index (χ0n) is 53.7. The molecule has 2 heterocycles. The molecule has 494 valence electrons. The van der Waals surface area contributed by atoms with E-state index in [2.05, 4.69) is 43.5 Å². The monoisotopic (exact) mass is 1190 g/mol. The number of ether oxygens (including phenoxy) is 4. The maximum atomic E-state index is 13.3. The van der Waals surface area contributed by atoms with Crippen molar-refractivity contribution in [2.45, 2.75) is 383 Å². The van der Waals surface area contributed by atoms with Gasteiger partial charge in [-0.25, -0.2) is 0 Å². The number of unbranched alkanes of at least 4 members (excludes halogenated alkanes) is 41. The van der Waals surface area contributed by atoms with Crippen LogP contribution >= 0.6 is 0 Å². The topological polar surface area (TPSA) is 228 Å². The molecule has 2 fully saturated rings. The van der Waals surface area contributed by atoms with Gasteiger partial charge in [-0.2, -0.15) is 0 Å². The average Bonchev–Trinajstić information content (AvgIpc) is 3.62. The van der Waals surface area contributed by atoms with Crippen molar-refractivity contribution >= 4 is 5.91 Å². The molecule has 0 aromatic carbocycles. The molecule has 0 radical (unpaired) electrons. The van der Waals surface area contributed by atoms with Crippen molar-refractivity contribution in [2.24, 2.45) is 0 Å². The highest BCUT2D eigenvalue weighted by Gasteiger charge is 2.51. The molecular weight excluding hydrogens is 1060 g/mol. The molecule has 14 heteroatoms. The van der Waals surface area contributed by atoms with Crippen LogP contribution in [-0.2, 0) is 23.7 Å². The molecule has 12 unspecified atom stereocenters. The second-order valence-corrected chi connectivity index (χ2v) is 25.0. The van der Waals surface area contributed by atoms with Crippen molar-refractivity contribution in [1.29, 1.82) is 0 Å². The molecule has 0 aliphatic carbocycles. The van der Waals surface area contributed by atoms with Crippen LogP contribution in [0, 0.1) is 0 Å². The maximum Gasteiger partial charge on any atom is 0.220 e. The Morgan fingerprint density at radius 2 is 0.762 bits per heavy atom. The second kappa shape index (κ2) is 55.3. The number of hydrogen-bond acceptors (Lipinski definition) is 13. The molecule has 0 bridgehead atoms. The van der Waals surface area contributed by atoms with Crippen LogP contribution in [0.15, 0.2) is 36.5 Å². The minimum absolute atomic E-state index is 0.247. The summed E-state index contributed by atoms with van der Waals surface area (Å²) in [7, 11) is 0. The van der Waals surface area contributed by atoms with Crippen LogP contribution in [0.25, 0.3) is 0 Å². The van der Waals surface area contributed by atoms with E-state index in [1.165, 1.54) is 231 Å². The van der Waals surface area contributed by atoms with Gasteiger partial charge in [0.05, 0.1) is 32.0 Å². The fourth-order valence-electron chi connectivity index (χ4n) is 11.7. The van der Waals surface area contributed by atoms with Gasteiger partial charge >= 0.3 is 0 Å². The third-order valence-electron chi connectivity index (χ3n) is 17.3. The number of aliphatic hydroxyl groups excluding tert-OH is 8. The van der Waals surface area contributed by atoms with Gasteiger partial charge < -0.3 is 65.1 Å². The predicted octanol–water partition coefficient (Wildman–Crippen LogP) is 14.1. The first-order chi connectivity index (χ1) is 41.1. The molecule has 0 aromatic heterocycles. The van der Waals surface area contributed by atoms with Gasteiger partial charge in [-0.15, -0.1) is 0 Å². The normalized spacial score (nSPS) is 23.8. The minimum atomic E-state index is -1.79. The molecule has 2 rings (SSSR count). The van der Waals surface area contributed by atoms with Crippen LogP contribution in [-0.4, -0.2) is 140 Å². The molecule has 1 amide bonds. The Balaban J connectivity index is 1.71. The number of rotatable bonds is 58. The van der Waals surface area contributed by atoms with Gasteiger partial charge in [0.15, 0.2) is 12.6 Å². The second-order valence-electron chi connectivity index (χ2n) is 25.0. The number of hydrogen-bond donors (Lipinski definition) is 9. The fourth-order valence-corrected chi connectivity index (χ4v) is 11.7. The Bertz CT molecular complexity index is 1550. The molecular formula is C70H131NO13. The molecule has 0 saturated carbocycles. The molecule has 0 spiro atoms. The van der Waals surface area contributed by atoms with E-state index in [0.717, 1.165) is 44.9 Å².